The first-order valence-corrected chi connectivity index (χ1v) is 6.39. The van der Waals surface area contributed by atoms with Gasteiger partial charge in [0.25, 0.3) is 0 Å². The molecule has 100 valence electrons. The fourth-order valence-corrected chi connectivity index (χ4v) is 2.26. The Balaban J connectivity index is 2.23. The SMILES string of the molecule is CC(=O)Nc1cn(-c2ccnc(Cl)n2)c2ccccc12. The van der Waals surface area contributed by atoms with E-state index >= 15 is 0 Å². The van der Waals surface area contributed by atoms with Crippen LogP contribution < -0.4 is 5.32 Å². The van der Waals surface area contributed by atoms with Crippen molar-refractivity contribution in [1.82, 2.24) is 14.5 Å². The third kappa shape index (κ3) is 2.23. The quantitative estimate of drug-likeness (QED) is 0.737. The summed E-state index contributed by atoms with van der Waals surface area (Å²) in [6.45, 7) is 1.48. The molecule has 3 aromatic rings. The van der Waals surface area contributed by atoms with Crippen LogP contribution in [0.1, 0.15) is 6.92 Å². The van der Waals surface area contributed by atoms with Gasteiger partial charge in [-0.3, -0.25) is 9.36 Å². The van der Waals surface area contributed by atoms with Crippen LogP contribution in [0.15, 0.2) is 42.7 Å². The van der Waals surface area contributed by atoms with Crippen LogP contribution in [0.25, 0.3) is 16.7 Å². The second kappa shape index (κ2) is 4.94. The third-order valence-electron chi connectivity index (χ3n) is 2.88. The summed E-state index contributed by atoms with van der Waals surface area (Å²) in [5, 5.41) is 3.94. The summed E-state index contributed by atoms with van der Waals surface area (Å²) >= 11 is 5.83. The predicted molar refractivity (Wildman–Crippen MR) is 78.2 cm³/mol. The number of carbonyl (C=O) groups is 1. The maximum absolute atomic E-state index is 11.3. The average molecular weight is 287 g/mol. The minimum Gasteiger partial charge on any atom is -0.324 e. The fourth-order valence-electron chi connectivity index (χ4n) is 2.12. The van der Waals surface area contributed by atoms with E-state index in [-0.39, 0.29) is 11.2 Å². The zero-order chi connectivity index (χ0) is 14.1. The molecule has 0 aliphatic rings. The number of amides is 1. The molecule has 0 aliphatic heterocycles. The number of rotatable bonds is 2. The molecule has 0 radical (unpaired) electrons. The second-order valence-corrected chi connectivity index (χ2v) is 4.63. The van der Waals surface area contributed by atoms with Crippen molar-refractivity contribution in [3.63, 3.8) is 0 Å². The van der Waals surface area contributed by atoms with Crippen molar-refractivity contribution in [3.8, 4) is 5.82 Å². The van der Waals surface area contributed by atoms with E-state index in [0.29, 0.717) is 5.82 Å². The number of carbonyl (C=O) groups excluding carboxylic acids is 1. The van der Waals surface area contributed by atoms with Crippen LogP contribution in [0.2, 0.25) is 5.28 Å². The first kappa shape index (κ1) is 12.6. The smallest absolute Gasteiger partial charge is 0.224 e. The third-order valence-corrected chi connectivity index (χ3v) is 3.06. The van der Waals surface area contributed by atoms with Gasteiger partial charge in [0.1, 0.15) is 5.82 Å². The maximum Gasteiger partial charge on any atom is 0.224 e. The van der Waals surface area contributed by atoms with E-state index < -0.39 is 0 Å². The summed E-state index contributed by atoms with van der Waals surface area (Å²) in [7, 11) is 0. The highest BCUT2D eigenvalue weighted by atomic mass is 35.5. The molecule has 2 aromatic heterocycles. The van der Waals surface area contributed by atoms with Gasteiger partial charge in [-0.15, -0.1) is 0 Å². The number of anilines is 1. The second-order valence-electron chi connectivity index (χ2n) is 4.29. The van der Waals surface area contributed by atoms with Gasteiger partial charge in [0, 0.05) is 24.7 Å². The summed E-state index contributed by atoms with van der Waals surface area (Å²) in [4.78, 5) is 19.4. The number of nitrogens with one attached hydrogen (secondary N) is 1. The van der Waals surface area contributed by atoms with E-state index in [9.17, 15) is 4.79 Å². The Morgan fingerprint density at radius 1 is 1.30 bits per heavy atom. The van der Waals surface area contributed by atoms with E-state index in [4.69, 9.17) is 11.6 Å². The van der Waals surface area contributed by atoms with Crippen LogP contribution in [0.3, 0.4) is 0 Å². The van der Waals surface area contributed by atoms with Gasteiger partial charge < -0.3 is 5.32 Å². The molecule has 0 unspecified atom stereocenters. The Hall–Kier alpha value is -2.40. The van der Waals surface area contributed by atoms with Crippen molar-refractivity contribution < 1.29 is 4.79 Å². The van der Waals surface area contributed by atoms with Crippen LogP contribution in [0, 0.1) is 0 Å². The summed E-state index contributed by atoms with van der Waals surface area (Å²) in [5.74, 6) is 0.534. The number of nitrogens with zero attached hydrogens (tertiary/aromatic N) is 3. The predicted octanol–water partition coefficient (Wildman–Crippen LogP) is 3.03. The minimum atomic E-state index is -0.117. The van der Waals surface area contributed by atoms with Gasteiger partial charge in [0.05, 0.1) is 11.2 Å². The number of para-hydroxylation sites is 1. The molecule has 0 saturated carbocycles. The molecule has 2 heterocycles. The summed E-state index contributed by atoms with van der Waals surface area (Å²) in [5.41, 5.74) is 1.67. The highest BCUT2D eigenvalue weighted by Gasteiger charge is 2.11. The van der Waals surface area contributed by atoms with E-state index in [0.717, 1.165) is 16.6 Å². The summed E-state index contributed by atoms with van der Waals surface area (Å²) in [6, 6.07) is 9.51. The lowest BCUT2D eigenvalue weighted by atomic mass is 10.2. The number of aromatic nitrogens is 3. The van der Waals surface area contributed by atoms with Crippen molar-refractivity contribution >= 4 is 34.1 Å². The Morgan fingerprint density at radius 2 is 2.10 bits per heavy atom. The van der Waals surface area contributed by atoms with E-state index in [1.807, 2.05) is 35.0 Å². The van der Waals surface area contributed by atoms with Crippen molar-refractivity contribution in [3.05, 3.63) is 48.0 Å². The molecule has 3 rings (SSSR count). The number of halogens is 1. The number of fused-ring (bicyclic) bond motifs is 1. The first-order chi connectivity index (χ1) is 9.65. The van der Waals surface area contributed by atoms with Crippen LogP contribution in [-0.4, -0.2) is 20.4 Å². The van der Waals surface area contributed by atoms with Gasteiger partial charge in [0.2, 0.25) is 11.2 Å². The Kier molecular flexibility index (Phi) is 3.12. The molecule has 5 nitrogen and oxygen atoms in total. The lowest BCUT2D eigenvalue weighted by molar-refractivity contribution is -0.114. The standard InChI is InChI=1S/C14H11ClN4O/c1-9(20)17-11-8-19(12-5-3-2-4-10(11)12)13-6-7-16-14(15)18-13/h2-8H,1H3,(H,17,20). The fraction of sp³-hybridized carbons (Fsp3) is 0.0714. The molecular formula is C14H11ClN4O. The van der Waals surface area contributed by atoms with Crippen molar-refractivity contribution in [1.29, 1.82) is 0 Å². The van der Waals surface area contributed by atoms with Gasteiger partial charge in [-0.2, -0.15) is 4.98 Å². The lowest BCUT2D eigenvalue weighted by Gasteiger charge is -2.03. The number of benzene rings is 1. The molecule has 0 aliphatic carbocycles. The minimum absolute atomic E-state index is 0.117. The molecule has 20 heavy (non-hydrogen) atoms. The van der Waals surface area contributed by atoms with Crippen LogP contribution in [0.5, 0.6) is 0 Å². The van der Waals surface area contributed by atoms with Gasteiger partial charge in [0.15, 0.2) is 0 Å². The van der Waals surface area contributed by atoms with Crippen LogP contribution in [-0.2, 0) is 4.79 Å². The number of hydrogen-bond acceptors (Lipinski definition) is 3. The largest absolute Gasteiger partial charge is 0.324 e. The molecule has 1 aromatic carbocycles. The van der Waals surface area contributed by atoms with E-state index in [2.05, 4.69) is 15.3 Å². The molecular weight excluding hydrogens is 276 g/mol. The molecule has 0 fully saturated rings. The molecule has 0 bridgehead atoms. The van der Waals surface area contributed by atoms with Gasteiger partial charge in [-0.1, -0.05) is 18.2 Å². The van der Waals surface area contributed by atoms with Crippen molar-refractivity contribution in [2.45, 2.75) is 6.92 Å². The first-order valence-electron chi connectivity index (χ1n) is 6.02. The zero-order valence-electron chi connectivity index (χ0n) is 10.7. The molecule has 1 N–H and O–H groups in total. The highest BCUT2D eigenvalue weighted by Crippen LogP contribution is 2.28. The van der Waals surface area contributed by atoms with Crippen LogP contribution in [0.4, 0.5) is 5.69 Å². The average Bonchev–Trinajstić information content (AvgIpc) is 2.77. The van der Waals surface area contributed by atoms with Crippen molar-refractivity contribution in [2.24, 2.45) is 0 Å². The van der Waals surface area contributed by atoms with Gasteiger partial charge >= 0.3 is 0 Å². The normalized spacial score (nSPS) is 10.7. The summed E-state index contributed by atoms with van der Waals surface area (Å²) in [6.07, 6.45) is 3.42. The molecule has 0 spiro atoms. The van der Waals surface area contributed by atoms with Crippen molar-refractivity contribution in [2.75, 3.05) is 5.32 Å². The highest BCUT2D eigenvalue weighted by molar-refractivity contribution is 6.28. The summed E-state index contributed by atoms with van der Waals surface area (Å²) < 4.78 is 1.87. The Morgan fingerprint density at radius 3 is 2.85 bits per heavy atom. The number of hydrogen-bond donors (Lipinski definition) is 1. The lowest BCUT2D eigenvalue weighted by Crippen LogP contribution is -2.05. The monoisotopic (exact) mass is 286 g/mol. The van der Waals surface area contributed by atoms with E-state index in [1.54, 1.807) is 12.3 Å². The maximum atomic E-state index is 11.3. The molecule has 6 heteroatoms. The Bertz CT molecular complexity index is 797. The van der Waals surface area contributed by atoms with Crippen LogP contribution >= 0.6 is 11.6 Å². The van der Waals surface area contributed by atoms with E-state index in [1.165, 1.54) is 6.92 Å². The molecule has 0 saturated heterocycles. The van der Waals surface area contributed by atoms with Gasteiger partial charge in [-0.25, -0.2) is 4.98 Å². The molecule has 0 atom stereocenters. The topological polar surface area (TPSA) is 59.8 Å². The zero-order valence-corrected chi connectivity index (χ0v) is 11.4. The Labute approximate surface area is 120 Å². The van der Waals surface area contributed by atoms with Gasteiger partial charge in [-0.05, 0) is 23.7 Å². The molecule has 1 amide bonds.